The van der Waals surface area contributed by atoms with Gasteiger partial charge < -0.3 is 9.47 Å². The summed E-state index contributed by atoms with van der Waals surface area (Å²) in [6, 6.07) is 0. The minimum atomic E-state index is -0.274. The molecular weight excluding hydrogens is 228 g/mol. The third-order valence-electron chi connectivity index (χ3n) is 4.58. The van der Waals surface area contributed by atoms with E-state index in [1.165, 1.54) is 12.8 Å². The first-order valence-corrected chi connectivity index (χ1v) is 7.56. The van der Waals surface area contributed by atoms with Gasteiger partial charge in [-0.1, -0.05) is 26.7 Å². The molecule has 3 heteroatoms. The Hall–Kier alpha value is -0.570. The minimum Gasteiger partial charge on any atom is -0.436 e. The summed E-state index contributed by atoms with van der Waals surface area (Å²) in [6.07, 6.45) is 7.27. The van der Waals surface area contributed by atoms with E-state index in [0.29, 0.717) is 11.8 Å². The van der Waals surface area contributed by atoms with Crippen molar-refractivity contribution in [2.75, 3.05) is 6.61 Å². The maximum absolute atomic E-state index is 12.2. The van der Waals surface area contributed by atoms with E-state index in [9.17, 15) is 4.79 Å². The van der Waals surface area contributed by atoms with Crippen molar-refractivity contribution in [3.05, 3.63) is 0 Å². The lowest BCUT2D eigenvalue weighted by atomic mass is 9.94. The molecule has 1 heterocycles. The second-order valence-electron chi connectivity index (χ2n) is 5.75. The van der Waals surface area contributed by atoms with Gasteiger partial charge in [-0.3, -0.25) is 4.79 Å². The molecule has 104 valence electrons. The van der Waals surface area contributed by atoms with Gasteiger partial charge in [0.25, 0.3) is 0 Å². The number of carbonyl (C=O) groups excluding carboxylic acids is 1. The topological polar surface area (TPSA) is 35.5 Å². The highest BCUT2D eigenvalue weighted by molar-refractivity contribution is 5.73. The molecule has 0 amide bonds. The van der Waals surface area contributed by atoms with Gasteiger partial charge in [0.15, 0.2) is 0 Å². The highest BCUT2D eigenvalue weighted by atomic mass is 16.7. The van der Waals surface area contributed by atoms with Crippen LogP contribution >= 0.6 is 0 Å². The third kappa shape index (κ3) is 3.25. The van der Waals surface area contributed by atoms with Crippen LogP contribution in [-0.2, 0) is 14.3 Å². The molecule has 1 aliphatic heterocycles. The van der Waals surface area contributed by atoms with Crippen LogP contribution in [0.25, 0.3) is 0 Å². The van der Waals surface area contributed by atoms with E-state index < -0.39 is 0 Å². The molecule has 0 aromatic heterocycles. The normalized spacial score (nSPS) is 36.6. The van der Waals surface area contributed by atoms with Gasteiger partial charge in [0, 0.05) is 6.42 Å². The second-order valence-corrected chi connectivity index (χ2v) is 5.75. The van der Waals surface area contributed by atoms with Crippen molar-refractivity contribution in [1.29, 1.82) is 0 Å². The number of esters is 1. The van der Waals surface area contributed by atoms with Gasteiger partial charge in [0.1, 0.15) is 0 Å². The smallest absolute Gasteiger partial charge is 0.311 e. The lowest BCUT2D eigenvalue weighted by molar-refractivity contribution is -0.192. The Morgan fingerprint density at radius 2 is 2.06 bits per heavy atom. The SMILES string of the molecule is CCC1CC(CC)C(C(=O)OC2CCCCO2)C1. The first-order chi connectivity index (χ1) is 8.74. The molecule has 0 bridgehead atoms. The molecule has 0 N–H and O–H groups in total. The maximum atomic E-state index is 12.2. The third-order valence-corrected chi connectivity index (χ3v) is 4.58. The van der Waals surface area contributed by atoms with Crippen molar-refractivity contribution in [2.45, 2.75) is 65.1 Å². The average molecular weight is 254 g/mol. The maximum Gasteiger partial charge on any atom is 0.311 e. The summed E-state index contributed by atoms with van der Waals surface area (Å²) in [5.41, 5.74) is 0. The molecular formula is C15H26O3. The zero-order valence-electron chi connectivity index (χ0n) is 11.7. The zero-order chi connectivity index (χ0) is 13.0. The molecule has 2 fully saturated rings. The van der Waals surface area contributed by atoms with Crippen molar-refractivity contribution >= 4 is 5.97 Å². The molecule has 1 saturated carbocycles. The van der Waals surface area contributed by atoms with Gasteiger partial charge in [-0.15, -0.1) is 0 Å². The first-order valence-electron chi connectivity index (χ1n) is 7.56. The number of hydrogen-bond acceptors (Lipinski definition) is 3. The van der Waals surface area contributed by atoms with Crippen LogP contribution in [0.4, 0.5) is 0 Å². The quantitative estimate of drug-likeness (QED) is 0.720. The van der Waals surface area contributed by atoms with E-state index >= 15 is 0 Å². The number of ether oxygens (including phenoxy) is 2. The van der Waals surface area contributed by atoms with Gasteiger partial charge in [-0.25, -0.2) is 0 Å². The van der Waals surface area contributed by atoms with Gasteiger partial charge >= 0.3 is 5.97 Å². The van der Waals surface area contributed by atoms with Crippen LogP contribution in [0.3, 0.4) is 0 Å². The van der Waals surface area contributed by atoms with Crippen molar-refractivity contribution in [3.8, 4) is 0 Å². The van der Waals surface area contributed by atoms with E-state index in [1.807, 2.05) is 0 Å². The molecule has 4 unspecified atom stereocenters. The lowest BCUT2D eigenvalue weighted by Crippen LogP contribution is -2.30. The Balaban J connectivity index is 1.86. The van der Waals surface area contributed by atoms with Crippen LogP contribution < -0.4 is 0 Å². The van der Waals surface area contributed by atoms with Crippen LogP contribution in [-0.4, -0.2) is 18.9 Å². The summed E-state index contributed by atoms with van der Waals surface area (Å²) in [7, 11) is 0. The summed E-state index contributed by atoms with van der Waals surface area (Å²) in [5.74, 6) is 1.33. The lowest BCUT2D eigenvalue weighted by Gasteiger charge is -2.25. The van der Waals surface area contributed by atoms with Gasteiger partial charge in [-0.05, 0) is 37.5 Å². The summed E-state index contributed by atoms with van der Waals surface area (Å²) < 4.78 is 11.0. The summed E-state index contributed by atoms with van der Waals surface area (Å²) in [6.45, 7) is 5.13. The van der Waals surface area contributed by atoms with E-state index in [2.05, 4.69) is 13.8 Å². The Kier molecular flexibility index (Phi) is 5.04. The highest BCUT2D eigenvalue weighted by Gasteiger charge is 2.38. The molecule has 0 spiro atoms. The molecule has 2 aliphatic rings. The fourth-order valence-electron chi connectivity index (χ4n) is 3.33. The Labute approximate surface area is 110 Å². The van der Waals surface area contributed by atoms with E-state index in [-0.39, 0.29) is 18.2 Å². The van der Waals surface area contributed by atoms with Crippen LogP contribution in [0.15, 0.2) is 0 Å². The summed E-state index contributed by atoms with van der Waals surface area (Å²) >= 11 is 0. The Bertz CT molecular complexity index is 271. The zero-order valence-corrected chi connectivity index (χ0v) is 11.7. The molecule has 1 aliphatic carbocycles. The monoisotopic (exact) mass is 254 g/mol. The van der Waals surface area contributed by atoms with E-state index in [4.69, 9.17) is 9.47 Å². The van der Waals surface area contributed by atoms with Crippen molar-refractivity contribution in [3.63, 3.8) is 0 Å². The number of hydrogen-bond donors (Lipinski definition) is 0. The average Bonchev–Trinajstić information content (AvgIpc) is 2.83. The van der Waals surface area contributed by atoms with Crippen LogP contribution in [0, 0.1) is 17.8 Å². The highest BCUT2D eigenvalue weighted by Crippen LogP contribution is 2.40. The number of carbonyl (C=O) groups is 1. The molecule has 2 rings (SSSR count). The van der Waals surface area contributed by atoms with Crippen LogP contribution in [0.2, 0.25) is 0 Å². The van der Waals surface area contributed by atoms with Crippen molar-refractivity contribution < 1.29 is 14.3 Å². The molecule has 18 heavy (non-hydrogen) atoms. The second kappa shape index (κ2) is 6.55. The van der Waals surface area contributed by atoms with E-state index in [1.54, 1.807) is 0 Å². The van der Waals surface area contributed by atoms with Crippen molar-refractivity contribution in [2.24, 2.45) is 17.8 Å². The summed E-state index contributed by atoms with van der Waals surface area (Å²) in [5, 5.41) is 0. The molecule has 4 atom stereocenters. The Morgan fingerprint density at radius 3 is 2.67 bits per heavy atom. The fourth-order valence-corrected chi connectivity index (χ4v) is 3.33. The summed E-state index contributed by atoms with van der Waals surface area (Å²) in [4.78, 5) is 12.2. The molecule has 0 aromatic rings. The van der Waals surface area contributed by atoms with Gasteiger partial charge in [0.05, 0.1) is 12.5 Å². The van der Waals surface area contributed by atoms with Crippen molar-refractivity contribution in [1.82, 2.24) is 0 Å². The van der Waals surface area contributed by atoms with Gasteiger partial charge in [-0.2, -0.15) is 0 Å². The minimum absolute atomic E-state index is 0.00954. The predicted octanol–water partition coefficient (Wildman–Crippen LogP) is 3.52. The predicted molar refractivity (Wildman–Crippen MR) is 70.0 cm³/mol. The van der Waals surface area contributed by atoms with Crippen LogP contribution in [0.5, 0.6) is 0 Å². The molecule has 1 saturated heterocycles. The number of rotatable bonds is 4. The Morgan fingerprint density at radius 1 is 1.22 bits per heavy atom. The van der Waals surface area contributed by atoms with E-state index in [0.717, 1.165) is 38.7 Å². The molecule has 0 aromatic carbocycles. The fraction of sp³-hybridized carbons (Fsp3) is 0.933. The standard InChI is InChI=1S/C15H26O3/c1-3-11-9-12(4-2)13(10-11)15(16)18-14-7-5-6-8-17-14/h11-14H,3-10H2,1-2H3. The van der Waals surface area contributed by atoms with Gasteiger partial charge in [0.2, 0.25) is 6.29 Å². The first kappa shape index (κ1) is 13.9. The van der Waals surface area contributed by atoms with Crippen LogP contribution in [0.1, 0.15) is 58.8 Å². The molecule has 3 nitrogen and oxygen atoms in total. The largest absolute Gasteiger partial charge is 0.436 e. The molecule has 0 radical (unpaired) electrons.